The molecule has 0 saturated carbocycles. The Bertz CT molecular complexity index is 667. The molecule has 0 fully saturated rings. The molecule has 2 aromatic carbocycles. The number of fused-ring (bicyclic) bond motifs is 1. The van der Waals surface area contributed by atoms with E-state index in [-0.39, 0.29) is 5.91 Å². The number of benzene rings is 2. The zero-order valence-electron chi connectivity index (χ0n) is 11.8. The minimum atomic E-state index is 0.195. The number of nitrogens with zero attached hydrogens (tertiary/aromatic N) is 1. The van der Waals surface area contributed by atoms with Crippen molar-refractivity contribution < 1.29 is 9.53 Å². The minimum absolute atomic E-state index is 0.195. The lowest BCUT2D eigenvalue weighted by atomic mass is 10.1. The Morgan fingerprint density at radius 2 is 1.95 bits per heavy atom. The molecule has 4 heteroatoms. The minimum Gasteiger partial charge on any atom is -0.497 e. The van der Waals surface area contributed by atoms with Crippen LogP contribution in [0.4, 0.5) is 5.69 Å². The molecular formula is C17H16INO2. The van der Waals surface area contributed by atoms with E-state index in [2.05, 4.69) is 40.8 Å². The summed E-state index contributed by atoms with van der Waals surface area (Å²) >= 11 is 2.28. The summed E-state index contributed by atoms with van der Waals surface area (Å²) in [6.07, 6.45) is 1.37. The van der Waals surface area contributed by atoms with Gasteiger partial charge in [0, 0.05) is 15.8 Å². The van der Waals surface area contributed by atoms with Crippen molar-refractivity contribution in [3.63, 3.8) is 0 Å². The molecular weight excluding hydrogens is 377 g/mol. The summed E-state index contributed by atoms with van der Waals surface area (Å²) in [7, 11) is 1.66. The van der Waals surface area contributed by atoms with Gasteiger partial charge >= 0.3 is 0 Å². The van der Waals surface area contributed by atoms with Crippen molar-refractivity contribution in [2.45, 2.75) is 12.8 Å². The van der Waals surface area contributed by atoms with Gasteiger partial charge < -0.3 is 9.64 Å². The highest BCUT2D eigenvalue weighted by molar-refractivity contribution is 14.1. The number of rotatable bonds is 4. The average molecular weight is 393 g/mol. The first kappa shape index (κ1) is 14.4. The van der Waals surface area contributed by atoms with Crippen molar-refractivity contribution in [1.29, 1.82) is 0 Å². The van der Waals surface area contributed by atoms with Gasteiger partial charge in [0.1, 0.15) is 5.75 Å². The number of amides is 1. The van der Waals surface area contributed by atoms with E-state index in [1.165, 1.54) is 9.13 Å². The highest BCUT2D eigenvalue weighted by Crippen LogP contribution is 2.30. The van der Waals surface area contributed by atoms with E-state index in [1.807, 2.05) is 29.2 Å². The standard InChI is InChI=1S/C17H16INO2/c1-21-15-5-2-12(3-6-15)8-9-19-16-7-4-14(18)10-13(16)11-17(19)20/h2-7,10H,8-9,11H2,1H3. The Kier molecular flexibility index (Phi) is 4.14. The Morgan fingerprint density at radius 3 is 2.67 bits per heavy atom. The number of halogens is 1. The van der Waals surface area contributed by atoms with Crippen LogP contribution in [-0.4, -0.2) is 19.6 Å². The molecule has 108 valence electrons. The lowest BCUT2D eigenvalue weighted by Gasteiger charge is -2.17. The van der Waals surface area contributed by atoms with Crippen molar-refractivity contribution in [2.75, 3.05) is 18.6 Å². The SMILES string of the molecule is COc1ccc(CCN2C(=O)Cc3cc(I)ccc32)cc1. The predicted octanol–water partition coefficient (Wildman–Crippen LogP) is 3.43. The van der Waals surface area contributed by atoms with Gasteiger partial charge in [-0.2, -0.15) is 0 Å². The van der Waals surface area contributed by atoms with Gasteiger partial charge in [0.2, 0.25) is 5.91 Å². The van der Waals surface area contributed by atoms with Crippen LogP contribution in [0.3, 0.4) is 0 Å². The predicted molar refractivity (Wildman–Crippen MR) is 91.9 cm³/mol. The maximum Gasteiger partial charge on any atom is 0.231 e. The Hall–Kier alpha value is -1.56. The highest BCUT2D eigenvalue weighted by Gasteiger charge is 2.26. The van der Waals surface area contributed by atoms with Gasteiger partial charge in [-0.25, -0.2) is 0 Å². The van der Waals surface area contributed by atoms with Gasteiger partial charge in [0.15, 0.2) is 0 Å². The van der Waals surface area contributed by atoms with E-state index in [9.17, 15) is 4.79 Å². The molecule has 0 N–H and O–H groups in total. The van der Waals surface area contributed by atoms with Crippen LogP contribution in [0.1, 0.15) is 11.1 Å². The highest BCUT2D eigenvalue weighted by atomic mass is 127. The summed E-state index contributed by atoms with van der Waals surface area (Å²) < 4.78 is 6.33. The van der Waals surface area contributed by atoms with Crippen LogP contribution < -0.4 is 9.64 Å². The molecule has 0 atom stereocenters. The normalized spacial score (nSPS) is 13.4. The van der Waals surface area contributed by atoms with Gasteiger partial charge in [-0.15, -0.1) is 0 Å². The van der Waals surface area contributed by atoms with Gasteiger partial charge in [0.05, 0.1) is 13.5 Å². The lowest BCUT2D eigenvalue weighted by molar-refractivity contribution is -0.117. The average Bonchev–Trinajstić information content (AvgIpc) is 2.80. The van der Waals surface area contributed by atoms with E-state index in [4.69, 9.17) is 4.74 Å². The molecule has 1 amide bonds. The van der Waals surface area contributed by atoms with E-state index in [1.54, 1.807) is 7.11 Å². The maximum absolute atomic E-state index is 12.2. The van der Waals surface area contributed by atoms with Crippen molar-refractivity contribution in [3.8, 4) is 5.75 Å². The lowest BCUT2D eigenvalue weighted by Crippen LogP contribution is -2.28. The van der Waals surface area contributed by atoms with E-state index < -0.39 is 0 Å². The van der Waals surface area contributed by atoms with Gasteiger partial charge in [-0.1, -0.05) is 12.1 Å². The fourth-order valence-corrected chi connectivity index (χ4v) is 3.19. The van der Waals surface area contributed by atoms with Crippen LogP contribution in [-0.2, 0) is 17.6 Å². The van der Waals surface area contributed by atoms with Crippen molar-refractivity contribution >= 4 is 34.2 Å². The topological polar surface area (TPSA) is 29.5 Å². The fourth-order valence-electron chi connectivity index (χ4n) is 2.63. The van der Waals surface area contributed by atoms with Crippen LogP contribution in [0, 0.1) is 3.57 Å². The number of carbonyl (C=O) groups excluding carboxylic acids is 1. The second-order valence-corrected chi connectivity index (χ2v) is 6.34. The largest absolute Gasteiger partial charge is 0.497 e. The molecule has 0 unspecified atom stereocenters. The maximum atomic E-state index is 12.2. The molecule has 1 aliphatic heterocycles. The summed E-state index contributed by atoms with van der Waals surface area (Å²) in [5.74, 6) is 1.05. The summed E-state index contributed by atoms with van der Waals surface area (Å²) in [4.78, 5) is 14.1. The van der Waals surface area contributed by atoms with Crippen molar-refractivity contribution in [1.82, 2.24) is 0 Å². The van der Waals surface area contributed by atoms with Crippen LogP contribution >= 0.6 is 22.6 Å². The second kappa shape index (κ2) is 6.05. The molecule has 3 rings (SSSR count). The molecule has 0 bridgehead atoms. The molecule has 2 aromatic rings. The van der Waals surface area contributed by atoms with Gasteiger partial charge in [0.25, 0.3) is 0 Å². The zero-order chi connectivity index (χ0) is 14.8. The first-order valence-electron chi connectivity index (χ1n) is 6.89. The summed E-state index contributed by atoms with van der Waals surface area (Å²) in [5, 5.41) is 0. The van der Waals surface area contributed by atoms with E-state index >= 15 is 0 Å². The number of methoxy groups -OCH3 is 1. The van der Waals surface area contributed by atoms with Crippen LogP contribution in [0.2, 0.25) is 0 Å². The number of hydrogen-bond donors (Lipinski definition) is 0. The zero-order valence-corrected chi connectivity index (χ0v) is 14.0. The third-order valence-corrected chi connectivity index (χ3v) is 4.43. The monoisotopic (exact) mass is 393 g/mol. The Labute approximate surface area is 138 Å². The molecule has 3 nitrogen and oxygen atoms in total. The molecule has 0 radical (unpaired) electrons. The smallest absolute Gasteiger partial charge is 0.231 e. The molecule has 0 saturated heterocycles. The molecule has 0 aliphatic carbocycles. The van der Waals surface area contributed by atoms with Crippen LogP contribution in [0.25, 0.3) is 0 Å². The third-order valence-electron chi connectivity index (χ3n) is 3.76. The number of hydrogen-bond acceptors (Lipinski definition) is 2. The molecule has 1 aliphatic rings. The molecule has 1 heterocycles. The molecule has 0 spiro atoms. The van der Waals surface area contributed by atoms with Crippen molar-refractivity contribution in [3.05, 3.63) is 57.2 Å². The number of carbonyl (C=O) groups is 1. The quantitative estimate of drug-likeness (QED) is 0.746. The second-order valence-electron chi connectivity index (χ2n) is 5.09. The van der Waals surface area contributed by atoms with Crippen LogP contribution in [0.15, 0.2) is 42.5 Å². The van der Waals surface area contributed by atoms with Crippen molar-refractivity contribution in [2.24, 2.45) is 0 Å². The fraction of sp³-hybridized carbons (Fsp3) is 0.235. The number of anilines is 1. The Balaban J connectivity index is 1.72. The summed E-state index contributed by atoms with van der Waals surface area (Å²) in [6, 6.07) is 14.2. The summed E-state index contributed by atoms with van der Waals surface area (Å²) in [6.45, 7) is 0.721. The van der Waals surface area contributed by atoms with E-state index in [0.29, 0.717) is 6.42 Å². The van der Waals surface area contributed by atoms with Gasteiger partial charge in [-0.3, -0.25) is 4.79 Å². The molecule has 21 heavy (non-hydrogen) atoms. The Morgan fingerprint density at radius 1 is 1.19 bits per heavy atom. The first-order chi connectivity index (χ1) is 10.2. The number of ether oxygens (including phenoxy) is 1. The van der Waals surface area contributed by atoms with E-state index in [0.717, 1.165) is 30.0 Å². The molecule has 0 aromatic heterocycles. The first-order valence-corrected chi connectivity index (χ1v) is 7.97. The van der Waals surface area contributed by atoms with Gasteiger partial charge in [-0.05, 0) is 70.5 Å². The third kappa shape index (κ3) is 3.05. The van der Waals surface area contributed by atoms with Crippen LogP contribution in [0.5, 0.6) is 5.75 Å². The summed E-state index contributed by atoms with van der Waals surface area (Å²) in [5.41, 5.74) is 3.41.